The minimum Gasteiger partial charge on any atom is -0.230 e. The minimum atomic E-state index is 0. The summed E-state index contributed by atoms with van der Waals surface area (Å²) in [4.78, 5) is 0. The van der Waals surface area contributed by atoms with Gasteiger partial charge < -0.3 is 0 Å². The first-order chi connectivity index (χ1) is 1.41. The van der Waals surface area contributed by atoms with E-state index in [9.17, 15) is 0 Å². The molecule has 0 aliphatic rings. The van der Waals surface area contributed by atoms with Crippen molar-refractivity contribution in [3.05, 3.63) is 0 Å². The molecule has 0 saturated carbocycles. The molecule has 1 nitrogen and oxygen atoms in total. The molecule has 0 rings (SSSR count). The Morgan fingerprint density at radius 1 is 1.25 bits per heavy atom. The maximum Gasteiger partial charge on any atom is 0.115 e. The van der Waals surface area contributed by atoms with E-state index >= 15 is 0 Å². The molecule has 0 spiro atoms. The molecule has 0 aliphatic heterocycles. The van der Waals surface area contributed by atoms with E-state index in [0.717, 1.165) is 0 Å². The molecule has 0 saturated heterocycles. The fourth-order valence-electron chi connectivity index (χ4n) is 0. The predicted molar refractivity (Wildman–Crippen MR) is 18.9 cm³/mol. The van der Waals surface area contributed by atoms with E-state index in [4.69, 9.17) is 0 Å². The summed E-state index contributed by atoms with van der Waals surface area (Å²) in [7, 11) is 0. The summed E-state index contributed by atoms with van der Waals surface area (Å²) >= 11 is 5.12. The monoisotopic (exact) mass is 358 g/mol. The molecule has 4 heavy (non-hydrogen) atoms. The SMILES string of the molecule is BrOBr.[W]. The Labute approximate surface area is 56.3 Å². The normalized spacial score (nSPS) is 4.50. The zero-order valence-corrected chi connectivity index (χ0v) is 7.68. The molecule has 0 fully saturated rings. The van der Waals surface area contributed by atoms with Gasteiger partial charge in [-0.15, -0.1) is 0 Å². The van der Waals surface area contributed by atoms with E-state index < -0.39 is 0 Å². The zero-order valence-electron chi connectivity index (χ0n) is 1.57. The average Bonchev–Trinajstić information content (AvgIpc) is 0.918. The Hall–Kier alpha value is 1.61. The number of hydrogen-bond donors (Lipinski definition) is 0. The van der Waals surface area contributed by atoms with Gasteiger partial charge in [-0.2, -0.15) is 0 Å². The van der Waals surface area contributed by atoms with Gasteiger partial charge in [-0.05, 0) is 0 Å². The Balaban J connectivity index is 0. The van der Waals surface area contributed by atoms with Gasteiger partial charge >= 0.3 is 0 Å². The van der Waals surface area contributed by atoms with Crippen molar-refractivity contribution in [3.8, 4) is 0 Å². The molecule has 4 heteroatoms. The van der Waals surface area contributed by atoms with Crippen molar-refractivity contribution in [1.82, 2.24) is 0 Å². The van der Waals surface area contributed by atoms with Crippen molar-refractivity contribution in [3.63, 3.8) is 0 Å². The fraction of sp³-hybridized carbons (Fsp3) is 0. The van der Waals surface area contributed by atoms with Crippen LogP contribution in [0.1, 0.15) is 0 Å². The van der Waals surface area contributed by atoms with Crippen LogP contribution in [0, 0.1) is 0 Å². The third kappa shape index (κ3) is 9.49. The predicted octanol–water partition coefficient (Wildman–Crippen LogP) is 1.62. The Bertz CT molecular complexity index is 6.00. The molecular formula is Br2OW. The van der Waals surface area contributed by atoms with Crippen LogP contribution in [0.25, 0.3) is 0 Å². The molecule has 0 amide bonds. The van der Waals surface area contributed by atoms with Crippen molar-refractivity contribution in [2.45, 2.75) is 0 Å². The van der Waals surface area contributed by atoms with Gasteiger partial charge in [0, 0.05) is 21.1 Å². The van der Waals surface area contributed by atoms with Gasteiger partial charge in [0.2, 0.25) is 0 Å². The summed E-state index contributed by atoms with van der Waals surface area (Å²) in [5, 5.41) is 0. The van der Waals surface area contributed by atoms with Crippen LogP contribution in [0.3, 0.4) is 0 Å². The van der Waals surface area contributed by atoms with E-state index in [0.29, 0.717) is 0 Å². The molecule has 0 bridgehead atoms. The number of rotatable bonds is 0. The Morgan fingerprint density at radius 2 is 1.25 bits per heavy atom. The summed E-state index contributed by atoms with van der Waals surface area (Å²) < 4.78 is 3.88. The first-order valence-electron chi connectivity index (χ1n) is 0.309. The molecule has 0 aromatic rings. The van der Waals surface area contributed by atoms with E-state index in [1.165, 1.54) is 0 Å². The van der Waals surface area contributed by atoms with Crippen LogP contribution < -0.4 is 0 Å². The molecule has 0 aliphatic carbocycles. The summed E-state index contributed by atoms with van der Waals surface area (Å²) in [6.07, 6.45) is 0. The van der Waals surface area contributed by atoms with Crippen molar-refractivity contribution in [2.24, 2.45) is 0 Å². The molecule has 0 heterocycles. The quantitative estimate of drug-likeness (QED) is 0.639. The summed E-state index contributed by atoms with van der Waals surface area (Å²) in [6, 6.07) is 0. The van der Waals surface area contributed by atoms with Crippen LogP contribution in [0.15, 0.2) is 0 Å². The Kier molecular flexibility index (Phi) is 20.2. The van der Waals surface area contributed by atoms with E-state index in [-0.39, 0.29) is 21.1 Å². The number of halogens is 2. The maximum atomic E-state index is 3.88. The maximum absolute atomic E-state index is 3.88. The molecule has 0 aromatic heterocycles. The molecule has 0 radical (unpaired) electrons. The summed E-state index contributed by atoms with van der Waals surface area (Å²) in [5.74, 6) is 0. The van der Waals surface area contributed by atoms with Crippen molar-refractivity contribution in [1.29, 1.82) is 0 Å². The molecule has 0 atom stereocenters. The summed E-state index contributed by atoms with van der Waals surface area (Å²) in [5.41, 5.74) is 0. The Morgan fingerprint density at radius 3 is 1.25 bits per heavy atom. The van der Waals surface area contributed by atoms with E-state index in [2.05, 4.69) is 35.4 Å². The van der Waals surface area contributed by atoms with E-state index in [1.807, 2.05) is 0 Å². The third-order valence-electron chi connectivity index (χ3n) is 0. The van der Waals surface area contributed by atoms with E-state index in [1.54, 1.807) is 0 Å². The summed E-state index contributed by atoms with van der Waals surface area (Å²) in [6.45, 7) is 0. The molecule has 26 valence electrons. The van der Waals surface area contributed by atoms with Gasteiger partial charge in [0.25, 0.3) is 0 Å². The molecule has 0 aromatic carbocycles. The smallest absolute Gasteiger partial charge is 0.115 e. The van der Waals surface area contributed by atoms with Gasteiger partial charge in [-0.25, -0.2) is 2.92 Å². The van der Waals surface area contributed by atoms with Gasteiger partial charge in [-0.3, -0.25) is 0 Å². The number of hydrogen-bond acceptors (Lipinski definition) is 1. The first kappa shape index (κ1) is 9.15. The van der Waals surface area contributed by atoms with Gasteiger partial charge in [0.1, 0.15) is 32.5 Å². The molecule has 0 unspecified atom stereocenters. The fourth-order valence-corrected chi connectivity index (χ4v) is 0. The van der Waals surface area contributed by atoms with Gasteiger partial charge in [0.05, 0.1) is 0 Å². The molecular weight excluding hydrogens is 360 g/mol. The van der Waals surface area contributed by atoms with Crippen molar-refractivity contribution >= 4 is 32.5 Å². The second-order valence-electron chi connectivity index (χ2n) is 0.0583. The second-order valence-corrected chi connectivity index (χ2v) is 1.57. The second kappa shape index (κ2) is 8.82. The van der Waals surface area contributed by atoms with Gasteiger partial charge in [-0.1, -0.05) is 0 Å². The average molecular weight is 360 g/mol. The van der Waals surface area contributed by atoms with Crippen LogP contribution in [-0.4, -0.2) is 0 Å². The van der Waals surface area contributed by atoms with Crippen LogP contribution in [-0.2, 0) is 24.0 Å². The molecule has 0 N–H and O–H groups in total. The standard InChI is InChI=1S/Br2O.W/c1-3-2;. The zero-order chi connectivity index (χ0) is 2.71. The first-order valence-corrected chi connectivity index (χ1v) is 1.60. The van der Waals surface area contributed by atoms with Crippen LogP contribution in [0.2, 0.25) is 0 Å². The van der Waals surface area contributed by atoms with Crippen LogP contribution in [0.5, 0.6) is 0 Å². The van der Waals surface area contributed by atoms with Crippen LogP contribution >= 0.6 is 32.5 Å². The van der Waals surface area contributed by atoms with Crippen molar-refractivity contribution in [2.75, 3.05) is 0 Å². The van der Waals surface area contributed by atoms with Crippen LogP contribution in [0.4, 0.5) is 0 Å². The van der Waals surface area contributed by atoms with Gasteiger partial charge in [0.15, 0.2) is 0 Å². The van der Waals surface area contributed by atoms with Crippen molar-refractivity contribution < 1.29 is 24.0 Å². The largest absolute Gasteiger partial charge is 0.230 e. The third-order valence-corrected chi connectivity index (χ3v) is 0. The minimum absolute atomic E-state index is 0. The topological polar surface area (TPSA) is 9.23 Å².